The molecule has 0 bridgehead atoms. The van der Waals surface area contributed by atoms with Crippen molar-refractivity contribution in [3.63, 3.8) is 0 Å². The molecule has 0 radical (unpaired) electrons. The Labute approximate surface area is 149 Å². The first-order valence-corrected chi connectivity index (χ1v) is 8.51. The SMILES string of the molecule is CC(C)(C)[C@H](c1noc(N)n1)N1C=C(C2CC2)C(OCC(F)(F)F)=CC1. The molecule has 1 fully saturated rings. The highest BCUT2D eigenvalue weighted by Crippen LogP contribution is 2.45. The zero-order chi connectivity index (χ0) is 19.1. The highest BCUT2D eigenvalue weighted by Gasteiger charge is 2.39. The van der Waals surface area contributed by atoms with E-state index in [-0.39, 0.29) is 23.4 Å². The molecule has 0 spiro atoms. The molecule has 0 aromatic carbocycles. The number of ether oxygens (including phenoxy) is 1. The maximum Gasteiger partial charge on any atom is 0.422 e. The van der Waals surface area contributed by atoms with Crippen LogP contribution in [-0.2, 0) is 4.74 Å². The average Bonchev–Trinajstić information content (AvgIpc) is 3.27. The van der Waals surface area contributed by atoms with Crippen LogP contribution >= 0.6 is 0 Å². The fourth-order valence-electron chi connectivity index (χ4n) is 3.18. The molecule has 3 rings (SSSR count). The van der Waals surface area contributed by atoms with Crippen LogP contribution in [0.2, 0.25) is 0 Å². The van der Waals surface area contributed by atoms with Crippen LogP contribution in [0.5, 0.6) is 0 Å². The number of hydrogen-bond acceptors (Lipinski definition) is 6. The summed E-state index contributed by atoms with van der Waals surface area (Å²) < 4.78 is 47.5. The van der Waals surface area contributed by atoms with Crippen LogP contribution in [-0.4, -0.2) is 34.4 Å². The molecule has 6 nitrogen and oxygen atoms in total. The summed E-state index contributed by atoms with van der Waals surface area (Å²) in [7, 11) is 0. The topological polar surface area (TPSA) is 77.4 Å². The number of hydrogen-bond donors (Lipinski definition) is 1. The predicted octanol–water partition coefficient (Wildman–Crippen LogP) is 3.81. The van der Waals surface area contributed by atoms with E-state index in [1.165, 1.54) is 0 Å². The van der Waals surface area contributed by atoms with Crippen molar-refractivity contribution in [2.45, 2.75) is 45.8 Å². The van der Waals surface area contributed by atoms with Crippen molar-refractivity contribution < 1.29 is 22.4 Å². The minimum atomic E-state index is -4.36. The number of nitrogens with two attached hydrogens (primary N) is 1. The number of nitrogens with zero attached hydrogens (tertiary/aromatic N) is 3. The van der Waals surface area contributed by atoms with E-state index in [1.54, 1.807) is 6.08 Å². The Hall–Kier alpha value is -2.19. The lowest BCUT2D eigenvalue weighted by Gasteiger charge is -2.39. The van der Waals surface area contributed by atoms with Crippen molar-refractivity contribution >= 4 is 6.01 Å². The van der Waals surface area contributed by atoms with Crippen molar-refractivity contribution in [2.24, 2.45) is 11.3 Å². The molecule has 2 aliphatic rings. The number of aromatic nitrogens is 2. The molecule has 0 saturated heterocycles. The molecule has 1 atom stereocenters. The number of alkyl halides is 3. The Morgan fingerprint density at radius 2 is 2.04 bits per heavy atom. The highest BCUT2D eigenvalue weighted by molar-refractivity contribution is 5.35. The summed E-state index contributed by atoms with van der Waals surface area (Å²) >= 11 is 0. The molecule has 26 heavy (non-hydrogen) atoms. The van der Waals surface area contributed by atoms with Gasteiger partial charge in [-0.3, -0.25) is 0 Å². The normalized spacial score (nSPS) is 19.8. The predicted molar refractivity (Wildman–Crippen MR) is 88.5 cm³/mol. The Morgan fingerprint density at radius 1 is 1.35 bits per heavy atom. The molecule has 1 aliphatic carbocycles. The lowest BCUT2D eigenvalue weighted by Crippen LogP contribution is -2.36. The first kappa shape index (κ1) is 18.6. The van der Waals surface area contributed by atoms with E-state index in [1.807, 2.05) is 31.9 Å². The average molecular weight is 372 g/mol. The summed E-state index contributed by atoms with van der Waals surface area (Å²) in [5, 5.41) is 3.95. The van der Waals surface area contributed by atoms with Crippen LogP contribution in [0.3, 0.4) is 0 Å². The Balaban J connectivity index is 1.85. The van der Waals surface area contributed by atoms with E-state index >= 15 is 0 Å². The van der Waals surface area contributed by atoms with E-state index in [0.717, 1.165) is 18.4 Å². The Bertz CT molecular complexity index is 714. The van der Waals surface area contributed by atoms with Crippen LogP contribution in [0.15, 0.2) is 28.1 Å². The number of nitrogen functional groups attached to an aromatic ring is 1. The summed E-state index contributed by atoms with van der Waals surface area (Å²) in [5.74, 6) is 1.00. The molecule has 1 aliphatic heterocycles. The number of halogens is 3. The summed E-state index contributed by atoms with van der Waals surface area (Å²) in [6.45, 7) is 5.21. The highest BCUT2D eigenvalue weighted by atomic mass is 19.4. The summed E-state index contributed by atoms with van der Waals surface area (Å²) in [4.78, 5) is 6.17. The van der Waals surface area contributed by atoms with Gasteiger partial charge in [0.05, 0.1) is 6.04 Å². The second-order valence-corrected chi connectivity index (χ2v) is 7.79. The second kappa shape index (κ2) is 6.51. The first-order chi connectivity index (χ1) is 12.0. The van der Waals surface area contributed by atoms with Crippen LogP contribution in [0.1, 0.15) is 45.5 Å². The molecule has 1 saturated carbocycles. The maximum atomic E-state index is 12.5. The quantitative estimate of drug-likeness (QED) is 0.847. The molecule has 9 heteroatoms. The van der Waals surface area contributed by atoms with Gasteiger partial charge in [-0.15, -0.1) is 0 Å². The minimum absolute atomic E-state index is 0.0117. The Morgan fingerprint density at radius 3 is 2.54 bits per heavy atom. The van der Waals surface area contributed by atoms with Gasteiger partial charge in [0.25, 0.3) is 0 Å². The maximum absolute atomic E-state index is 12.5. The van der Waals surface area contributed by atoms with Crippen LogP contribution in [0, 0.1) is 11.3 Å². The van der Waals surface area contributed by atoms with Crippen molar-refractivity contribution in [2.75, 3.05) is 18.9 Å². The van der Waals surface area contributed by atoms with Crippen molar-refractivity contribution in [3.8, 4) is 0 Å². The molecule has 2 heterocycles. The molecule has 0 amide bonds. The Kier molecular flexibility index (Phi) is 4.66. The third-order valence-corrected chi connectivity index (χ3v) is 4.34. The summed E-state index contributed by atoms with van der Waals surface area (Å²) in [5.41, 5.74) is 6.11. The van der Waals surface area contributed by atoms with E-state index in [2.05, 4.69) is 10.1 Å². The lowest BCUT2D eigenvalue weighted by atomic mass is 9.84. The van der Waals surface area contributed by atoms with E-state index < -0.39 is 12.8 Å². The van der Waals surface area contributed by atoms with Gasteiger partial charge < -0.3 is 19.9 Å². The third-order valence-electron chi connectivity index (χ3n) is 4.34. The van der Waals surface area contributed by atoms with Gasteiger partial charge in [-0.25, -0.2) is 0 Å². The van der Waals surface area contributed by atoms with Gasteiger partial charge in [-0.05, 0) is 30.3 Å². The van der Waals surface area contributed by atoms with Crippen LogP contribution in [0.25, 0.3) is 0 Å². The van der Waals surface area contributed by atoms with Crippen molar-refractivity contribution in [3.05, 3.63) is 29.4 Å². The standard InChI is InChI=1S/C17H23F3N4O2/c1-16(2,3)13(14-22-15(21)26-23-14)24-7-6-12(25-9-17(18,19)20)11(8-24)10-4-5-10/h6,8,10,13H,4-5,7,9H2,1-3H3,(H2,21,22,23)/t13-/m0/s1. The number of anilines is 1. The van der Waals surface area contributed by atoms with Crippen LogP contribution in [0.4, 0.5) is 19.2 Å². The fourth-order valence-corrected chi connectivity index (χ4v) is 3.18. The molecule has 2 N–H and O–H groups in total. The first-order valence-electron chi connectivity index (χ1n) is 8.51. The molecular formula is C17H23F3N4O2. The van der Waals surface area contributed by atoms with E-state index in [9.17, 15) is 13.2 Å². The molecule has 0 unspecified atom stereocenters. The van der Waals surface area contributed by atoms with Crippen LogP contribution < -0.4 is 5.73 Å². The van der Waals surface area contributed by atoms with Gasteiger partial charge >= 0.3 is 12.2 Å². The van der Waals surface area contributed by atoms with Gasteiger partial charge in [0, 0.05) is 18.3 Å². The van der Waals surface area contributed by atoms with Gasteiger partial charge in [0.15, 0.2) is 12.4 Å². The monoisotopic (exact) mass is 372 g/mol. The van der Waals surface area contributed by atoms with Crippen molar-refractivity contribution in [1.29, 1.82) is 0 Å². The smallest absolute Gasteiger partial charge is 0.422 e. The zero-order valence-electron chi connectivity index (χ0n) is 15.0. The van der Waals surface area contributed by atoms with Gasteiger partial charge in [-0.2, -0.15) is 18.2 Å². The number of rotatable bonds is 5. The largest absolute Gasteiger partial charge is 0.484 e. The molecule has 144 valence electrons. The number of allylic oxidation sites excluding steroid dienone is 1. The van der Waals surface area contributed by atoms with E-state index in [4.69, 9.17) is 15.0 Å². The van der Waals surface area contributed by atoms with Gasteiger partial charge in [0.1, 0.15) is 5.76 Å². The summed E-state index contributed by atoms with van der Waals surface area (Å²) in [6, 6.07) is -0.250. The van der Waals surface area contributed by atoms with E-state index in [0.29, 0.717) is 18.1 Å². The second-order valence-electron chi connectivity index (χ2n) is 7.79. The van der Waals surface area contributed by atoms with Gasteiger partial charge in [0.2, 0.25) is 0 Å². The third kappa shape index (κ3) is 4.31. The minimum Gasteiger partial charge on any atom is -0.484 e. The fraction of sp³-hybridized carbons (Fsp3) is 0.647. The molecule has 1 aromatic rings. The summed E-state index contributed by atoms with van der Waals surface area (Å²) in [6.07, 6.45) is 1.11. The lowest BCUT2D eigenvalue weighted by molar-refractivity contribution is -0.164. The van der Waals surface area contributed by atoms with Gasteiger partial charge in [-0.1, -0.05) is 25.9 Å². The molecular weight excluding hydrogens is 349 g/mol. The van der Waals surface area contributed by atoms with Crippen molar-refractivity contribution in [1.82, 2.24) is 15.0 Å². The molecule has 1 aromatic heterocycles. The zero-order valence-corrected chi connectivity index (χ0v) is 15.0.